The summed E-state index contributed by atoms with van der Waals surface area (Å²) in [7, 11) is 3.17. The highest BCUT2D eigenvalue weighted by Crippen LogP contribution is 2.25. The molecule has 0 aliphatic carbocycles. The van der Waals surface area contributed by atoms with Gasteiger partial charge in [0.2, 0.25) is 5.91 Å². The first kappa shape index (κ1) is 15.4. The van der Waals surface area contributed by atoms with Crippen LogP contribution in [-0.2, 0) is 11.2 Å². The van der Waals surface area contributed by atoms with Crippen LogP contribution in [0.25, 0.3) is 0 Å². The Bertz CT molecular complexity index is 643. The molecule has 21 heavy (non-hydrogen) atoms. The molecule has 0 fully saturated rings. The van der Waals surface area contributed by atoms with E-state index in [0.717, 1.165) is 15.7 Å². The minimum Gasteiger partial charge on any atom is -0.497 e. The number of halogens is 1. The van der Waals surface area contributed by atoms with Crippen LogP contribution in [0.4, 0.5) is 5.69 Å². The summed E-state index contributed by atoms with van der Waals surface area (Å²) in [6.07, 6.45) is 0.210. The molecule has 0 unspecified atom stereocenters. The van der Waals surface area contributed by atoms with E-state index < -0.39 is 0 Å². The van der Waals surface area contributed by atoms with Gasteiger partial charge >= 0.3 is 0 Å². The van der Waals surface area contributed by atoms with Crippen molar-refractivity contribution in [1.82, 2.24) is 0 Å². The van der Waals surface area contributed by atoms with Gasteiger partial charge in [-0.1, -0.05) is 12.1 Å². The molecule has 0 saturated heterocycles. The van der Waals surface area contributed by atoms with Crippen LogP contribution in [0.1, 0.15) is 5.56 Å². The first-order chi connectivity index (χ1) is 10.1. The standard InChI is InChI=1S/C16H16BrNO3/c1-20-12-7-8-15(21-2)11(9-12)10-16(19)18-14-6-4-3-5-13(14)17/h3-9H,10H2,1-2H3,(H,18,19). The van der Waals surface area contributed by atoms with Crippen LogP contribution in [0, 0.1) is 0 Å². The second-order valence-electron chi connectivity index (χ2n) is 4.38. The molecule has 5 heteroatoms. The monoisotopic (exact) mass is 349 g/mol. The average Bonchev–Trinajstić information content (AvgIpc) is 2.49. The van der Waals surface area contributed by atoms with E-state index >= 15 is 0 Å². The van der Waals surface area contributed by atoms with Gasteiger partial charge in [-0.3, -0.25) is 4.79 Å². The summed E-state index contributed by atoms with van der Waals surface area (Å²) in [6.45, 7) is 0. The van der Waals surface area contributed by atoms with Crippen LogP contribution in [0.15, 0.2) is 46.9 Å². The summed E-state index contributed by atoms with van der Waals surface area (Å²) in [5.41, 5.74) is 1.52. The molecule has 1 amide bonds. The third-order valence-corrected chi connectivity index (χ3v) is 3.68. The minimum absolute atomic E-state index is 0.117. The third-order valence-electron chi connectivity index (χ3n) is 2.99. The first-order valence-electron chi connectivity index (χ1n) is 6.39. The van der Waals surface area contributed by atoms with Crippen molar-refractivity contribution in [3.63, 3.8) is 0 Å². The van der Waals surface area contributed by atoms with E-state index in [1.54, 1.807) is 32.4 Å². The summed E-state index contributed by atoms with van der Waals surface area (Å²) >= 11 is 3.40. The van der Waals surface area contributed by atoms with Crippen LogP contribution in [0.5, 0.6) is 11.5 Å². The van der Waals surface area contributed by atoms with Gasteiger partial charge in [-0.05, 0) is 46.3 Å². The molecule has 2 aromatic rings. The number of hydrogen-bond donors (Lipinski definition) is 1. The van der Waals surface area contributed by atoms with Crippen LogP contribution in [0.3, 0.4) is 0 Å². The summed E-state index contributed by atoms with van der Waals surface area (Å²) in [4.78, 5) is 12.2. The molecule has 0 radical (unpaired) electrons. The lowest BCUT2D eigenvalue weighted by molar-refractivity contribution is -0.115. The van der Waals surface area contributed by atoms with Gasteiger partial charge in [-0.25, -0.2) is 0 Å². The SMILES string of the molecule is COc1ccc(OC)c(CC(=O)Nc2ccccc2Br)c1. The van der Waals surface area contributed by atoms with Crippen molar-refractivity contribution in [3.05, 3.63) is 52.5 Å². The van der Waals surface area contributed by atoms with Gasteiger partial charge in [0, 0.05) is 10.0 Å². The van der Waals surface area contributed by atoms with Crippen LogP contribution in [-0.4, -0.2) is 20.1 Å². The Balaban J connectivity index is 2.14. The Morgan fingerprint density at radius 3 is 2.57 bits per heavy atom. The van der Waals surface area contributed by atoms with Gasteiger partial charge in [0.15, 0.2) is 0 Å². The number of hydrogen-bond acceptors (Lipinski definition) is 3. The summed E-state index contributed by atoms with van der Waals surface area (Å²) in [5, 5.41) is 2.87. The molecule has 0 aromatic heterocycles. The fourth-order valence-electron chi connectivity index (χ4n) is 1.95. The van der Waals surface area contributed by atoms with Crippen molar-refractivity contribution in [2.45, 2.75) is 6.42 Å². The molecular formula is C16H16BrNO3. The number of benzene rings is 2. The predicted molar refractivity (Wildman–Crippen MR) is 86.0 cm³/mol. The van der Waals surface area contributed by atoms with E-state index in [2.05, 4.69) is 21.2 Å². The Labute approximate surface area is 132 Å². The molecule has 0 heterocycles. The second kappa shape index (κ2) is 7.13. The number of methoxy groups -OCH3 is 2. The highest BCUT2D eigenvalue weighted by molar-refractivity contribution is 9.10. The van der Waals surface area contributed by atoms with Crippen molar-refractivity contribution < 1.29 is 14.3 Å². The van der Waals surface area contributed by atoms with Crippen LogP contribution < -0.4 is 14.8 Å². The van der Waals surface area contributed by atoms with E-state index in [1.807, 2.05) is 24.3 Å². The van der Waals surface area contributed by atoms with Gasteiger partial charge in [0.25, 0.3) is 0 Å². The zero-order valence-corrected chi connectivity index (χ0v) is 13.4. The molecular weight excluding hydrogens is 334 g/mol. The van der Waals surface area contributed by atoms with Gasteiger partial charge in [0.05, 0.1) is 26.3 Å². The van der Waals surface area contributed by atoms with E-state index in [1.165, 1.54) is 0 Å². The zero-order chi connectivity index (χ0) is 15.2. The molecule has 0 atom stereocenters. The number of carbonyl (C=O) groups excluding carboxylic acids is 1. The molecule has 2 aromatic carbocycles. The lowest BCUT2D eigenvalue weighted by Gasteiger charge is -2.11. The Hall–Kier alpha value is -2.01. The van der Waals surface area contributed by atoms with Gasteiger partial charge in [-0.2, -0.15) is 0 Å². The highest BCUT2D eigenvalue weighted by Gasteiger charge is 2.11. The molecule has 0 spiro atoms. The Kier molecular flexibility index (Phi) is 5.22. The lowest BCUT2D eigenvalue weighted by atomic mass is 10.1. The number of anilines is 1. The summed E-state index contributed by atoms with van der Waals surface area (Å²) in [6, 6.07) is 12.9. The average molecular weight is 350 g/mol. The minimum atomic E-state index is -0.117. The molecule has 0 saturated carbocycles. The molecule has 0 bridgehead atoms. The molecule has 1 N–H and O–H groups in total. The van der Waals surface area contributed by atoms with Crippen LogP contribution >= 0.6 is 15.9 Å². The maximum absolute atomic E-state index is 12.2. The molecule has 4 nitrogen and oxygen atoms in total. The van der Waals surface area contributed by atoms with E-state index in [0.29, 0.717) is 11.5 Å². The second-order valence-corrected chi connectivity index (χ2v) is 5.24. The highest BCUT2D eigenvalue weighted by atomic mass is 79.9. The van der Waals surface area contributed by atoms with Crippen molar-refractivity contribution >= 4 is 27.5 Å². The molecule has 0 aliphatic rings. The molecule has 110 valence electrons. The van der Waals surface area contributed by atoms with Crippen LogP contribution in [0.2, 0.25) is 0 Å². The summed E-state index contributed by atoms with van der Waals surface area (Å²) in [5.74, 6) is 1.24. The number of para-hydroxylation sites is 1. The quantitative estimate of drug-likeness (QED) is 0.896. The number of amides is 1. The molecule has 0 aliphatic heterocycles. The Morgan fingerprint density at radius 1 is 1.14 bits per heavy atom. The fraction of sp³-hybridized carbons (Fsp3) is 0.188. The van der Waals surface area contributed by atoms with E-state index in [-0.39, 0.29) is 12.3 Å². The van der Waals surface area contributed by atoms with E-state index in [4.69, 9.17) is 9.47 Å². The van der Waals surface area contributed by atoms with Gasteiger partial charge < -0.3 is 14.8 Å². The van der Waals surface area contributed by atoms with Crippen molar-refractivity contribution in [2.75, 3.05) is 19.5 Å². The number of carbonyl (C=O) groups is 1. The normalized spacial score (nSPS) is 10.0. The van der Waals surface area contributed by atoms with Crippen molar-refractivity contribution in [2.24, 2.45) is 0 Å². The number of ether oxygens (including phenoxy) is 2. The topological polar surface area (TPSA) is 47.6 Å². The zero-order valence-electron chi connectivity index (χ0n) is 11.9. The van der Waals surface area contributed by atoms with Crippen molar-refractivity contribution in [3.8, 4) is 11.5 Å². The maximum atomic E-state index is 12.2. The first-order valence-corrected chi connectivity index (χ1v) is 7.18. The number of rotatable bonds is 5. The predicted octanol–water partition coefficient (Wildman–Crippen LogP) is 3.65. The fourth-order valence-corrected chi connectivity index (χ4v) is 2.33. The number of nitrogens with one attached hydrogen (secondary N) is 1. The maximum Gasteiger partial charge on any atom is 0.228 e. The van der Waals surface area contributed by atoms with Crippen molar-refractivity contribution in [1.29, 1.82) is 0 Å². The van der Waals surface area contributed by atoms with Gasteiger partial charge in [0.1, 0.15) is 11.5 Å². The van der Waals surface area contributed by atoms with E-state index in [9.17, 15) is 4.79 Å². The Morgan fingerprint density at radius 2 is 1.90 bits per heavy atom. The largest absolute Gasteiger partial charge is 0.497 e. The third kappa shape index (κ3) is 3.98. The van der Waals surface area contributed by atoms with Gasteiger partial charge in [-0.15, -0.1) is 0 Å². The summed E-state index contributed by atoms with van der Waals surface area (Å²) < 4.78 is 11.3. The smallest absolute Gasteiger partial charge is 0.228 e. The lowest BCUT2D eigenvalue weighted by Crippen LogP contribution is -2.15. The molecule has 2 rings (SSSR count).